The van der Waals surface area contributed by atoms with Crippen molar-refractivity contribution in [2.75, 3.05) is 6.61 Å². The standard InChI is InChI=1S/C26H30O9/c1-7-17(28)13-24(19(30)8-2,20(31)9-3)14-18(29)15-25(21(32)10-4,22(33)11-5)26(35,16-27)23(34)12-6/h7-12,18,27,29,35H,1-6,13-16H2. The molecule has 0 aromatic carbocycles. The van der Waals surface area contributed by atoms with Crippen LogP contribution in [0.4, 0.5) is 0 Å². The zero-order chi connectivity index (χ0) is 27.6. The van der Waals surface area contributed by atoms with Crippen LogP contribution >= 0.6 is 0 Å². The fourth-order valence-electron chi connectivity index (χ4n) is 4.00. The normalized spacial score (nSPS) is 13.8. The van der Waals surface area contributed by atoms with Gasteiger partial charge in [-0.3, -0.25) is 28.8 Å². The Labute approximate surface area is 203 Å². The molecule has 0 fully saturated rings. The van der Waals surface area contributed by atoms with Crippen molar-refractivity contribution in [3.05, 3.63) is 75.9 Å². The van der Waals surface area contributed by atoms with E-state index in [9.17, 15) is 44.1 Å². The summed E-state index contributed by atoms with van der Waals surface area (Å²) in [5.41, 5.74) is -8.22. The molecular formula is C26H30O9. The average Bonchev–Trinajstić information content (AvgIpc) is 2.87. The number of carbonyl (C=O) groups excluding carboxylic acids is 6. The van der Waals surface area contributed by atoms with Gasteiger partial charge in [-0.2, -0.15) is 0 Å². The summed E-state index contributed by atoms with van der Waals surface area (Å²) in [5, 5.41) is 32.0. The smallest absolute Gasteiger partial charge is 0.190 e. The van der Waals surface area contributed by atoms with Gasteiger partial charge >= 0.3 is 0 Å². The second-order valence-electron chi connectivity index (χ2n) is 7.76. The second-order valence-corrected chi connectivity index (χ2v) is 7.76. The first-order valence-corrected chi connectivity index (χ1v) is 10.3. The minimum absolute atomic E-state index is 0.569. The number of hydrogen-bond acceptors (Lipinski definition) is 9. The van der Waals surface area contributed by atoms with Crippen LogP contribution < -0.4 is 0 Å². The molecule has 0 aromatic heterocycles. The Hall–Kier alpha value is -3.66. The highest BCUT2D eigenvalue weighted by Gasteiger charge is 2.63. The van der Waals surface area contributed by atoms with E-state index in [1.807, 2.05) is 0 Å². The first-order valence-electron chi connectivity index (χ1n) is 10.3. The van der Waals surface area contributed by atoms with E-state index >= 15 is 0 Å². The lowest BCUT2D eigenvalue weighted by atomic mass is 9.60. The third-order valence-electron chi connectivity index (χ3n) is 5.88. The molecule has 3 N–H and O–H groups in total. The van der Waals surface area contributed by atoms with Crippen molar-refractivity contribution in [2.24, 2.45) is 10.8 Å². The van der Waals surface area contributed by atoms with Crippen LogP contribution in [0.2, 0.25) is 0 Å². The molecule has 2 unspecified atom stereocenters. The lowest BCUT2D eigenvalue weighted by molar-refractivity contribution is -0.175. The molecule has 35 heavy (non-hydrogen) atoms. The third kappa shape index (κ3) is 5.71. The van der Waals surface area contributed by atoms with E-state index in [2.05, 4.69) is 39.5 Å². The minimum Gasteiger partial charge on any atom is -0.393 e. The molecule has 188 valence electrons. The first-order chi connectivity index (χ1) is 16.3. The molecule has 0 bridgehead atoms. The molecule has 9 nitrogen and oxygen atoms in total. The summed E-state index contributed by atoms with van der Waals surface area (Å²) in [4.78, 5) is 76.2. The van der Waals surface area contributed by atoms with E-state index < -0.39 is 83.1 Å². The maximum Gasteiger partial charge on any atom is 0.190 e. The van der Waals surface area contributed by atoms with Crippen molar-refractivity contribution in [1.82, 2.24) is 0 Å². The number of allylic oxidation sites excluding steroid dienone is 5. The number of aliphatic hydroxyl groups is 3. The van der Waals surface area contributed by atoms with Gasteiger partial charge in [-0.25, -0.2) is 0 Å². The predicted molar refractivity (Wildman–Crippen MR) is 128 cm³/mol. The summed E-state index contributed by atoms with van der Waals surface area (Å²) >= 11 is 0. The van der Waals surface area contributed by atoms with Gasteiger partial charge in [0, 0.05) is 6.42 Å². The van der Waals surface area contributed by atoms with Crippen molar-refractivity contribution < 1.29 is 44.1 Å². The highest BCUT2D eigenvalue weighted by atomic mass is 16.3. The van der Waals surface area contributed by atoms with E-state index in [1.54, 1.807) is 0 Å². The first kappa shape index (κ1) is 31.3. The molecule has 0 rings (SSSR count). The van der Waals surface area contributed by atoms with Crippen molar-refractivity contribution in [2.45, 2.75) is 31.0 Å². The SMILES string of the molecule is C=CC(=O)CC(CC(O)CC(C(=O)C=C)(C(=O)C=C)C(O)(CO)C(=O)C=C)(C(=O)C=C)C(=O)C=C. The number of carbonyl (C=O) groups is 6. The lowest BCUT2D eigenvalue weighted by Crippen LogP contribution is -2.64. The predicted octanol–water partition coefficient (Wildman–Crippen LogP) is 0.744. The van der Waals surface area contributed by atoms with Crippen molar-refractivity contribution in [3.63, 3.8) is 0 Å². The molecule has 0 aliphatic heterocycles. The number of rotatable bonds is 19. The quantitative estimate of drug-likeness (QED) is 0.176. The van der Waals surface area contributed by atoms with Crippen LogP contribution in [0.5, 0.6) is 0 Å². The fourth-order valence-corrected chi connectivity index (χ4v) is 4.00. The van der Waals surface area contributed by atoms with Crippen molar-refractivity contribution >= 4 is 34.7 Å². The Morgan fingerprint density at radius 2 is 1.06 bits per heavy atom. The maximum atomic E-state index is 13.0. The van der Waals surface area contributed by atoms with Crippen LogP contribution in [0.25, 0.3) is 0 Å². The Bertz CT molecular complexity index is 945. The zero-order valence-electron chi connectivity index (χ0n) is 19.4. The average molecular weight is 487 g/mol. The Kier molecular flexibility index (Phi) is 11.4. The molecule has 0 saturated heterocycles. The Morgan fingerprint density at radius 3 is 1.37 bits per heavy atom. The topological polar surface area (TPSA) is 163 Å². The molecule has 0 heterocycles. The van der Waals surface area contributed by atoms with Gasteiger partial charge in [0.1, 0.15) is 10.8 Å². The summed E-state index contributed by atoms with van der Waals surface area (Å²) in [6.07, 6.45) is -0.485. The van der Waals surface area contributed by atoms with Gasteiger partial charge < -0.3 is 15.3 Å². The summed E-state index contributed by atoms with van der Waals surface area (Å²) in [6.45, 7) is 18.2. The molecular weight excluding hydrogens is 456 g/mol. The molecule has 0 saturated carbocycles. The molecule has 0 aliphatic carbocycles. The lowest BCUT2D eigenvalue weighted by Gasteiger charge is -2.43. The van der Waals surface area contributed by atoms with Gasteiger partial charge in [0.25, 0.3) is 0 Å². The molecule has 2 atom stereocenters. The van der Waals surface area contributed by atoms with E-state index in [0.717, 1.165) is 18.2 Å². The maximum absolute atomic E-state index is 13.0. The van der Waals surface area contributed by atoms with Crippen LogP contribution in [0.1, 0.15) is 19.3 Å². The van der Waals surface area contributed by atoms with Gasteiger partial charge in [-0.15, -0.1) is 0 Å². The Balaban J connectivity index is 7.12. The largest absolute Gasteiger partial charge is 0.393 e. The molecule has 0 spiro atoms. The van der Waals surface area contributed by atoms with E-state index in [4.69, 9.17) is 0 Å². The second kappa shape index (κ2) is 12.7. The minimum atomic E-state index is -3.11. The van der Waals surface area contributed by atoms with Gasteiger partial charge in [0.2, 0.25) is 0 Å². The summed E-state index contributed by atoms with van der Waals surface area (Å²) in [5.74, 6) is -6.52. The van der Waals surface area contributed by atoms with Crippen molar-refractivity contribution in [1.29, 1.82) is 0 Å². The monoisotopic (exact) mass is 486 g/mol. The van der Waals surface area contributed by atoms with E-state index in [-0.39, 0.29) is 0 Å². The van der Waals surface area contributed by atoms with Gasteiger partial charge in [-0.1, -0.05) is 39.5 Å². The molecule has 0 aliphatic rings. The summed E-state index contributed by atoms with van der Waals surface area (Å²) in [7, 11) is 0. The fraction of sp³-hybridized carbons (Fsp3) is 0.308. The Morgan fingerprint density at radius 1 is 0.657 bits per heavy atom. The number of aliphatic hydroxyl groups excluding tert-OH is 2. The van der Waals surface area contributed by atoms with Crippen LogP contribution in [-0.2, 0) is 28.8 Å². The van der Waals surface area contributed by atoms with Crippen molar-refractivity contribution in [3.8, 4) is 0 Å². The van der Waals surface area contributed by atoms with E-state index in [0.29, 0.717) is 18.2 Å². The number of hydrogen-bond donors (Lipinski definition) is 3. The van der Waals surface area contributed by atoms with Gasteiger partial charge in [-0.05, 0) is 49.3 Å². The molecule has 0 amide bonds. The van der Waals surface area contributed by atoms with Crippen LogP contribution in [0.3, 0.4) is 0 Å². The zero-order valence-corrected chi connectivity index (χ0v) is 19.4. The van der Waals surface area contributed by atoms with E-state index in [1.165, 1.54) is 0 Å². The number of ketones is 6. The van der Waals surface area contributed by atoms with Crippen LogP contribution in [0.15, 0.2) is 75.9 Å². The van der Waals surface area contributed by atoms with Crippen LogP contribution in [-0.4, -0.2) is 68.3 Å². The molecule has 0 aromatic rings. The third-order valence-corrected chi connectivity index (χ3v) is 5.88. The van der Waals surface area contributed by atoms with Crippen LogP contribution in [0, 0.1) is 10.8 Å². The highest BCUT2D eigenvalue weighted by Crippen LogP contribution is 2.43. The summed E-state index contributed by atoms with van der Waals surface area (Å²) < 4.78 is 0. The van der Waals surface area contributed by atoms with Gasteiger partial charge in [0.15, 0.2) is 40.3 Å². The summed E-state index contributed by atoms with van der Waals surface area (Å²) in [6, 6.07) is 0. The van der Waals surface area contributed by atoms with Gasteiger partial charge in [0.05, 0.1) is 12.7 Å². The highest BCUT2D eigenvalue weighted by molar-refractivity contribution is 6.21. The molecule has 0 radical (unpaired) electrons. The molecule has 9 heteroatoms.